The molecule has 0 heteroatoms. The molecule has 0 aliphatic rings. The van der Waals surface area contributed by atoms with Gasteiger partial charge in [0.15, 0.2) is 0 Å². The summed E-state index contributed by atoms with van der Waals surface area (Å²) in [6.07, 6.45) is 5.84. The molecule has 0 spiro atoms. The highest BCUT2D eigenvalue weighted by molar-refractivity contribution is 4.90. The first kappa shape index (κ1) is 5.56. The van der Waals surface area contributed by atoms with Crippen LogP contribution in [-0.2, 0) is 0 Å². The van der Waals surface area contributed by atoms with Crippen LogP contribution in [-0.4, -0.2) is 0 Å². The van der Waals surface area contributed by atoms with Gasteiger partial charge < -0.3 is 0 Å². The van der Waals surface area contributed by atoms with Crippen molar-refractivity contribution >= 4 is 0 Å². The minimum atomic E-state index is 0.352. The Hall–Kier alpha value is -0.440. The van der Waals surface area contributed by atoms with E-state index in [0.717, 1.165) is 6.42 Å². The van der Waals surface area contributed by atoms with E-state index in [1.54, 1.807) is 0 Å². The van der Waals surface area contributed by atoms with Crippen LogP contribution in [0.1, 0.15) is 13.3 Å². The molecule has 1 unspecified atom stereocenters. The van der Waals surface area contributed by atoms with Gasteiger partial charge in [0.1, 0.15) is 0 Å². The molecule has 0 fully saturated rings. The monoisotopic (exact) mass is 81.1 g/mol. The van der Waals surface area contributed by atoms with Crippen molar-refractivity contribution in [1.82, 2.24) is 0 Å². The predicted octanol–water partition coefficient (Wildman–Crippen LogP) is 1.48. The second-order valence-corrected chi connectivity index (χ2v) is 1.36. The van der Waals surface area contributed by atoms with Crippen LogP contribution in [0.3, 0.4) is 0 Å². The summed E-state index contributed by atoms with van der Waals surface area (Å²) in [4.78, 5) is 0. The van der Waals surface area contributed by atoms with Crippen LogP contribution in [0.4, 0.5) is 0 Å². The smallest absolute Gasteiger partial charge is 0.0171 e. The zero-order valence-corrected chi connectivity index (χ0v) is 4.07. The van der Waals surface area contributed by atoms with Crippen LogP contribution in [0.15, 0.2) is 0 Å². The lowest BCUT2D eigenvalue weighted by Crippen LogP contribution is -1.82. The van der Waals surface area contributed by atoms with Crippen LogP contribution in [0.5, 0.6) is 0 Å². The molecule has 0 aliphatic heterocycles. The zero-order chi connectivity index (χ0) is 4.99. The average molecular weight is 81.1 g/mol. The van der Waals surface area contributed by atoms with Gasteiger partial charge in [0.05, 0.1) is 0 Å². The standard InChI is InChI=1S/C6H9/c1-4-6(3)5-2/h1,6H,2,5H2,3H3. The van der Waals surface area contributed by atoms with Gasteiger partial charge in [-0.3, -0.25) is 0 Å². The molecule has 0 amide bonds. The molecule has 0 aliphatic carbocycles. The van der Waals surface area contributed by atoms with E-state index in [0.29, 0.717) is 5.92 Å². The maximum atomic E-state index is 4.99. The van der Waals surface area contributed by atoms with Crippen LogP contribution < -0.4 is 0 Å². The second-order valence-electron chi connectivity index (χ2n) is 1.36. The minimum absolute atomic E-state index is 0.352. The van der Waals surface area contributed by atoms with E-state index in [1.807, 2.05) is 6.92 Å². The van der Waals surface area contributed by atoms with E-state index < -0.39 is 0 Å². The van der Waals surface area contributed by atoms with Gasteiger partial charge in [0.2, 0.25) is 0 Å². The Morgan fingerprint density at radius 3 is 2.50 bits per heavy atom. The van der Waals surface area contributed by atoms with Gasteiger partial charge in [0, 0.05) is 5.92 Å². The maximum Gasteiger partial charge on any atom is 0.0171 e. The molecule has 0 N–H and O–H groups in total. The molecule has 0 aromatic heterocycles. The Morgan fingerprint density at radius 2 is 2.50 bits per heavy atom. The fraction of sp³-hybridized carbons (Fsp3) is 0.500. The van der Waals surface area contributed by atoms with Crippen molar-refractivity contribution in [2.45, 2.75) is 13.3 Å². The Balaban J connectivity index is 3.04. The molecular formula is C6H9. The Bertz CT molecular complexity index is 56.9. The molecule has 33 valence electrons. The molecule has 0 saturated heterocycles. The third-order valence-corrected chi connectivity index (χ3v) is 0.718. The van der Waals surface area contributed by atoms with Crippen LogP contribution >= 0.6 is 0 Å². The highest BCUT2D eigenvalue weighted by atomic mass is 13.9. The van der Waals surface area contributed by atoms with Crippen molar-refractivity contribution in [2.24, 2.45) is 5.92 Å². The van der Waals surface area contributed by atoms with E-state index in [4.69, 9.17) is 6.42 Å². The maximum absolute atomic E-state index is 4.99. The summed E-state index contributed by atoms with van der Waals surface area (Å²) in [5.74, 6) is 2.90. The Labute approximate surface area is 39.6 Å². The summed E-state index contributed by atoms with van der Waals surface area (Å²) in [6, 6.07) is 0. The summed E-state index contributed by atoms with van der Waals surface area (Å²) >= 11 is 0. The summed E-state index contributed by atoms with van der Waals surface area (Å²) in [5, 5.41) is 0. The van der Waals surface area contributed by atoms with Crippen molar-refractivity contribution in [3.63, 3.8) is 0 Å². The molecule has 1 radical (unpaired) electrons. The van der Waals surface area contributed by atoms with Crippen LogP contribution in [0.25, 0.3) is 0 Å². The van der Waals surface area contributed by atoms with Crippen LogP contribution in [0, 0.1) is 25.2 Å². The fourth-order valence-corrected chi connectivity index (χ4v) is 0.0833. The summed E-state index contributed by atoms with van der Waals surface area (Å²) in [7, 11) is 0. The van der Waals surface area contributed by atoms with Gasteiger partial charge in [-0.1, -0.05) is 13.8 Å². The van der Waals surface area contributed by atoms with E-state index >= 15 is 0 Å². The largest absolute Gasteiger partial charge is 0.120 e. The van der Waals surface area contributed by atoms with Crippen molar-refractivity contribution in [3.8, 4) is 12.3 Å². The molecule has 1 atom stereocenters. The second kappa shape index (κ2) is 2.78. The highest BCUT2D eigenvalue weighted by Crippen LogP contribution is 1.93. The van der Waals surface area contributed by atoms with Crippen molar-refractivity contribution in [3.05, 3.63) is 6.92 Å². The first-order chi connectivity index (χ1) is 2.81. The minimum Gasteiger partial charge on any atom is -0.120 e. The first-order valence-corrected chi connectivity index (χ1v) is 2.06. The lowest BCUT2D eigenvalue weighted by atomic mass is 10.1. The van der Waals surface area contributed by atoms with Gasteiger partial charge in [-0.2, -0.15) is 0 Å². The molecule has 0 bridgehead atoms. The molecule has 0 heterocycles. The SMILES string of the molecule is C#CC(C)C[CH2]. The third kappa shape index (κ3) is 1.84. The normalized spacial score (nSPS) is 12.8. The molecular weight excluding hydrogens is 72.1 g/mol. The van der Waals surface area contributed by atoms with Gasteiger partial charge in [0.25, 0.3) is 0 Å². The zero-order valence-electron chi connectivity index (χ0n) is 4.07. The van der Waals surface area contributed by atoms with Gasteiger partial charge in [-0.05, 0) is 6.42 Å². The van der Waals surface area contributed by atoms with Crippen molar-refractivity contribution < 1.29 is 0 Å². The molecule has 0 nitrogen and oxygen atoms in total. The van der Waals surface area contributed by atoms with E-state index in [1.165, 1.54) is 0 Å². The van der Waals surface area contributed by atoms with E-state index in [9.17, 15) is 0 Å². The van der Waals surface area contributed by atoms with Gasteiger partial charge >= 0.3 is 0 Å². The summed E-state index contributed by atoms with van der Waals surface area (Å²) < 4.78 is 0. The molecule has 6 heavy (non-hydrogen) atoms. The van der Waals surface area contributed by atoms with Crippen LogP contribution in [0.2, 0.25) is 0 Å². The number of rotatable bonds is 1. The quantitative estimate of drug-likeness (QED) is 0.419. The van der Waals surface area contributed by atoms with E-state index in [2.05, 4.69) is 12.8 Å². The lowest BCUT2D eigenvalue weighted by molar-refractivity contribution is 0.771. The molecule has 0 saturated carbocycles. The fourth-order valence-electron chi connectivity index (χ4n) is 0.0833. The van der Waals surface area contributed by atoms with Crippen molar-refractivity contribution in [2.75, 3.05) is 0 Å². The number of hydrogen-bond acceptors (Lipinski definition) is 0. The average Bonchev–Trinajstić information content (AvgIpc) is 1.65. The molecule has 0 aromatic rings. The molecule has 0 aromatic carbocycles. The lowest BCUT2D eigenvalue weighted by Gasteiger charge is -1.90. The van der Waals surface area contributed by atoms with Crippen molar-refractivity contribution in [1.29, 1.82) is 0 Å². The van der Waals surface area contributed by atoms with E-state index in [-0.39, 0.29) is 0 Å². The Morgan fingerprint density at radius 1 is 2.00 bits per heavy atom. The highest BCUT2D eigenvalue weighted by Gasteiger charge is 1.85. The number of terminal acetylenes is 1. The Kier molecular flexibility index (Phi) is 2.58. The number of hydrogen-bond donors (Lipinski definition) is 0. The first-order valence-electron chi connectivity index (χ1n) is 2.06. The van der Waals surface area contributed by atoms with Gasteiger partial charge in [-0.15, -0.1) is 12.3 Å². The predicted molar refractivity (Wildman–Crippen MR) is 28.0 cm³/mol. The van der Waals surface area contributed by atoms with Gasteiger partial charge in [-0.25, -0.2) is 0 Å². The molecule has 0 rings (SSSR count). The third-order valence-electron chi connectivity index (χ3n) is 0.718. The topological polar surface area (TPSA) is 0 Å². The summed E-state index contributed by atoms with van der Waals surface area (Å²) in [5.41, 5.74) is 0. The summed E-state index contributed by atoms with van der Waals surface area (Å²) in [6.45, 7) is 5.59.